The maximum Gasteiger partial charge on any atom is 0.338 e. The largest absolute Gasteiger partial charge is 0.422 e. The number of benzene rings is 3. The van der Waals surface area contributed by atoms with E-state index in [2.05, 4.69) is 67.0 Å². The van der Waals surface area contributed by atoms with Gasteiger partial charge < -0.3 is 4.74 Å². The van der Waals surface area contributed by atoms with Crippen molar-refractivity contribution in [3.63, 3.8) is 0 Å². The first kappa shape index (κ1) is 20.3. The second-order valence-corrected chi connectivity index (χ2v) is 8.92. The SMILES string of the molecule is C=C(C)C(=O)Oc1cc(C#Cc2ccc(C3CC3)cc2)ccc1-c1ccc(C2CC2)cc1. The van der Waals surface area contributed by atoms with Crippen LogP contribution < -0.4 is 4.74 Å². The number of esters is 1. The fourth-order valence-corrected chi connectivity index (χ4v) is 3.86. The Bertz CT molecular complexity index is 1230. The maximum absolute atomic E-state index is 12.3. The molecule has 0 radical (unpaired) electrons. The highest BCUT2D eigenvalue weighted by Gasteiger charge is 2.24. The Kier molecular flexibility index (Phi) is 5.41. The molecule has 2 saturated carbocycles. The van der Waals surface area contributed by atoms with Crippen molar-refractivity contribution in [1.29, 1.82) is 0 Å². The van der Waals surface area contributed by atoms with Gasteiger partial charge in [0, 0.05) is 22.3 Å². The first-order valence-electron chi connectivity index (χ1n) is 11.3. The van der Waals surface area contributed by atoms with Crippen LogP contribution in [0.4, 0.5) is 0 Å². The number of ether oxygens (including phenoxy) is 1. The van der Waals surface area contributed by atoms with Crippen molar-refractivity contribution in [3.05, 3.63) is 101 Å². The van der Waals surface area contributed by atoms with E-state index in [0.29, 0.717) is 17.2 Å². The lowest BCUT2D eigenvalue weighted by Gasteiger charge is -2.12. The van der Waals surface area contributed by atoms with Crippen LogP contribution in [0.3, 0.4) is 0 Å². The van der Waals surface area contributed by atoms with Crippen molar-refractivity contribution in [2.45, 2.75) is 44.4 Å². The Hall–Kier alpha value is -3.57. The van der Waals surface area contributed by atoms with Crippen molar-refractivity contribution in [2.75, 3.05) is 0 Å². The molecular formula is C30H26O2. The van der Waals surface area contributed by atoms with Gasteiger partial charge in [-0.25, -0.2) is 4.79 Å². The van der Waals surface area contributed by atoms with Crippen LogP contribution in [0, 0.1) is 11.8 Å². The van der Waals surface area contributed by atoms with Crippen molar-refractivity contribution >= 4 is 5.97 Å². The highest BCUT2D eigenvalue weighted by molar-refractivity contribution is 5.90. The first-order valence-corrected chi connectivity index (χ1v) is 11.3. The topological polar surface area (TPSA) is 26.3 Å². The van der Waals surface area contributed by atoms with Crippen LogP contribution in [0.2, 0.25) is 0 Å². The van der Waals surface area contributed by atoms with Crippen LogP contribution in [0.15, 0.2) is 78.9 Å². The lowest BCUT2D eigenvalue weighted by molar-refractivity contribution is -0.130. The molecule has 0 unspecified atom stereocenters. The van der Waals surface area contributed by atoms with Gasteiger partial charge in [0.25, 0.3) is 0 Å². The Morgan fingerprint density at radius 2 is 1.34 bits per heavy atom. The summed E-state index contributed by atoms with van der Waals surface area (Å²) in [6, 6.07) is 22.9. The molecule has 32 heavy (non-hydrogen) atoms. The fraction of sp³-hybridized carbons (Fsp3) is 0.233. The molecule has 3 aromatic carbocycles. The Morgan fingerprint density at radius 1 is 0.812 bits per heavy atom. The summed E-state index contributed by atoms with van der Waals surface area (Å²) in [5, 5.41) is 0. The summed E-state index contributed by atoms with van der Waals surface area (Å²) in [5.74, 6) is 7.98. The molecule has 0 bridgehead atoms. The Labute approximate surface area is 189 Å². The van der Waals surface area contributed by atoms with Crippen LogP contribution in [-0.4, -0.2) is 5.97 Å². The van der Waals surface area contributed by atoms with Gasteiger partial charge in [-0.15, -0.1) is 0 Å². The van der Waals surface area contributed by atoms with E-state index in [9.17, 15) is 4.79 Å². The van der Waals surface area contributed by atoms with Gasteiger partial charge in [0.2, 0.25) is 0 Å². The second kappa shape index (κ2) is 8.52. The summed E-state index contributed by atoms with van der Waals surface area (Å²) in [6.45, 7) is 5.37. The second-order valence-electron chi connectivity index (χ2n) is 8.92. The van der Waals surface area contributed by atoms with Gasteiger partial charge in [-0.3, -0.25) is 0 Å². The fourth-order valence-electron chi connectivity index (χ4n) is 3.86. The standard InChI is InChI=1S/C30H26O2/c1-20(2)30(31)32-29-19-22(4-3-21-5-8-23(9-6-21)24-10-11-24)7-18-28(29)27-16-14-26(15-17-27)25-12-13-25/h5-9,14-19,24-25H,1,10-13H2,2H3. The third-order valence-corrected chi connectivity index (χ3v) is 6.11. The molecule has 0 spiro atoms. The molecule has 0 heterocycles. The van der Waals surface area contributed by atoms with Gasteiger partial charge in [0.05, 0.1) is 0 Å². The van der Waals surface area contributed by atoms with Gasteiger partial charge in [-0.2, -0.15) is 0 Å². The van der Waals surface area contributed by atoms with Crippen LogP contribution in [0.1, 0.15) is 66.7 Å². The lowest BCUT2D eigenvalue weighted by Crippen LogP contribution is -2.09. The minimum atomic E-state index is -0.429. The number of hydrogen-bond acceptors (Lipinski definition) is 2. The first-order chi connectivity index (χ1) is 15.6. The van der Waals surface area contributed by atoms with Gasteiger partial charge in [-0.1, -0.05) is 54.8 Å². The van der Waals surface area contributed by atoms with Crippen LogP contribution >= 0.6 is 0 Å². The van der Waals surface area contributed by atoms with E-state index < -0.39 is 5.97 Å². The average molecular weight is 419 g/mol. The molecule has 0 amide bonds. The molecule has 3 aromatic rings. The lowest BCUT2D eigenvalue weighted by atomic mass is 10.00. The normalized spacial score (nSPS) is 14.9. The zero-order chi connectivity index (χ0) is 22.1. The number of carbonyl (C=O) groups is 1. The molecule has 0 saturated heterocycles. The van der Waals surface area contributed by atoms with E-state index in [1.807, 2.05) is 18.2 Å². The van der Waals surface area contributed by atoms with E-state index in [1.54, 1.807) is 6.92 Å². The predicted octanol–water partition coefficient (Wildman–Crippen LogP) is 6.99. The average Bonchev–Trinajstić information content (AvgIpc) is 3.71. The van der Waals surface area contributed by atoms with Crippen molar-refractivity contribution < 1.29 is 9.53 Å². The van der Waals surface area contributed by atoms with Gasteiger partial charge in [0.15, 0.2) is 0 Å². The third-order valence-electron chi connectivity index (χ3n) is 6.11. The number of carbonyl (C=O) groups excluding carboxylic acids is 1. The summed E-state index contributed by atoms with van der Waals surface area (Å²) >= 11 is 0. The zero-order valence-electron chi connectivity index (χ0n) is 18.4. The molecule has 0 aliphatic heterocycles. The molecule has 2 aliphatic carbocycles. The molecular weight excluding hydrogens is 392 g/mol. The molecule has 2 heteroatoms. The quantitative estimate of drug-likeness (QED) is 0.193. The summed E-state index contributed by atoms with van der Waals surface area (Å²) in [5.41, 5.74) is 6.84. The molecule has 158 valence electrons. The summed E-state index contributed by atoms with van der Waals surface area (Å²) in [7, 11) is 0. The van der Waals surface area contributed by atoms with Crippen molar-refractivity contribution in [2.24, 2.45) is 0 Å². The highest BCUT2D eigenvalue weighted by Crippen LogP contribution is 2.41. The van der Waals surface area contributed by atoms with E-state index in [1.165, 1.54) is 36.8 Å². The smallest absolute Gasteiger partial charge is 0.338 e. The monoisotopic (exact) mass is 418 g/mol. The molecule has 5 rings (SSSR count). The molecule has 0 N–H and O–H groups in total. The predicted molar refractivity (Wildman–Crippen MR) is 129 cm³/mol. The summed E-state index contributed by atoms with van der Waals surface area (Å²) in [4.78, 5) is 12.3. The van der Waals surface area contributed by atoms with E-state index in [-0.39, 0.29) is 0 Å². The molecule has 2 aliphatic rings. The Balaban J connectivity index is 1.43. The third kappa shape index (κ3) is 4.68. The van der Waals surface area contributed by atoms with Crippen molar-refractivity contribution in [1.82, 2.24) is 0 Å². The summed E-state index contributed by atoms with van der Waals surface area (Å²) < 4.78 is 5.69. The summed E-state index contributed by atoms with van der Waals surface area (Å²) in [6.07, 6.45) is 5.15. The van der Waals surface area contributed by atoms with Crippen LogP contribution in [-0.2, 0) is 4.79 Å². The van der Waals surface area contributed by atoms with Gasteiger partial charge in [-0.05, 0) is 91.5 Å². The van der Waals surface area contributed by atoms with E-state index >= 15 is 0 Å². The van der Waals surface area contributed by atoms with E-state index in [0.717, 1.165) is 28.2 Å². The molecule has 2 fully saturated rings. The van der Waals surface area contributed by atoms with Gasteiger partial charge >= 0.3 is 5.97 Å². The number of hydrogen-bond donors (Lipinski definition) is 0. The molecule has 2 nitrogen and oxygen atoms in total. The van der Waals surface area contributed by atoms with Crippen LogP contribution in [0.5, 0.6) is 5.75 Å². The minimum absolute atomic E-state index is 0.368. The molecule has 0 atom stereocenters. The Morgan fingerprint density at radius 3 is 1.91 bits per heavy atom. The van der Waals surface area contributed by atoms with Crippen LogP contribution in [0.25, 0.3) is 11.1 Å². The minimum Gasteiger partial charge on any atom is -0.422 e. The van der Waals surface area contributed by atoms with Gasteiger partial charge in [0.1, 0.15) is 5.75 Å². The highest BCUT2D eigenvalue weighted by atomic mass is 16.5. The number of rotatable bonds is 5. The van der Waals surface area contributed by atoms with E-state index in [4.69, 9.17) is 4.74 Å². The zero-order valence-corrected chi connectivity index (χ0v) is 18.4. The van der Waals surface area contributed by atoms with Crippen molar-refractivity contribution in [3.8, 4) is 28.7 Å². The molecule has 0 aromatic heterocycles. The maximum atomic E-state index is 12.3.